The molecule has 1 unspecified atom stereocenters. The summed E-state index contributed by atoms with van der Waals surface area (Å²) < 4.78 is 0. The molecule has 1 aromatic heterocycles. The Kier molecular flexibility index (Phi) is 3.40. The maximum atomic E-state index is 5.84. The van der Waals surface area contributed by atoms with Crippen LogP contribution in [-0.4, -0.2) is 34.1 Å². The minimum Gasteiger partial charge on any atom is -0.368 e. The molecule has 2 heterocycles. The molecule has 0 aromatic carbocycles. The number of nitrogens with one attached hydrogen (secondary N) is 1. The molecule has 3 rings (SSSR count). The van der Waals surface area contributed by atoms with Gasteiger partial charge in [-0.3, -0.25) is 0 Å². The molecule has 2 aliphatic rings. The molecule has 0 bridgehead atoms. The van der Waals surface area contributed by atoms with Gasteiger partial charge < -0.3 is 16.0 Å². The Balaban J connectivity index is 1.79. The zero-order chi connectivity index (χ0) is 14.2. The summed E-state index contributed by atoms with van der Waals surface area (Å²) in [6.45, 7) is 6.61. The number of hydrogen-bond acceptors (Lipinski definition) is 6. The molecule has 6 nitrogen and oxygen atoms in total. The largest absolute Gasteiger partial charge is 0.368 e. The summed E-state index contributed by atoms with van der Waals surface area (Å²) in [5.41, 5.74) is 6.13. The van der Waals surface area contributed by atoms with E-state index in [0.29, 0.717) is 23.9 Å². The second-order valence-electron chi connectivity index (χ2n) is 6.59. The van der Waals surface area contributed by atoms with Crippen LogP contribution in [0.3, 0.4) is 0 Å². The third kappa shape index (κ3) is 2.64. The predicted octanol–water partition coefficient (Wildman–Crippen LogP) is 2.04. The lowest BCUT2D eigenvalue weighted by molar-refractivity contribution is 0.349. The molecule has 3 N–H and O–H groups in total. The third-order valence-electron chi connectivity index (χ3n) is 4.59. The lowest BCUT2D eigenvalue weighted by Gasteiger charge is -2.28. The summed E-state index contributed by atoms with van der Waals surface area (Å²) in [4.78, 5) is 15.3. The van der Waals surface area contributed by atoms with Crippen LogP contribution in [0, 0.1) is 5.41 Å². The summed E-state index contributed by atoms with van der Waals surface area (Å²) in [5, 5.41) is 3.47. The zero-order valence-electron chi connectivity index (χ0n) is 12.4. The fourth-order valence-corrected chi connectivity index (χ4v) is 3.25. The van der Waals surface area contributed by atoms with Gasteiger partial charge in [-0.1, -0.05) is 20.3 Å². The van der Waals surface area contributed by atoms with Gasteiger partial charge in [0, 0.05) is 19.1 Å². The third-order valence-corrected chi connectivity index (χ3v) is 4.59. The van der Waals surface area contributed by atoms with Crippen molar-refractivity contribution in [3.8, 4) is 0 Å². The molecule has 20 heavy (non-hydrogen) atoms. The molecule has 0 amide bonds. The average Bonchev–Trinajstić information content (AvgIpc) is 2.99. The molecule has 1 aliphatic heterocycles. The Hall–Kier alpha value is -1.59. The Morgan fingerprint density at radius 1 is 1.15 bits per heavy atom. The van der Waals surface area contributed by atoms with Crippen molar-refractivity contribution < 1.29 is 0 Å². The fraction of sp³-hybridized carbons (Fsp3) is 0.786. The molecule has 110 valence electrons. The van der Waals surface area contributed by atoms with Crippen LogP contribution in [-0.2, 0) is 0 Å². The Morgan fingerprint density at radius 3 is 2.55 bits per heavy atom. The summed E-state index contributed by atoms with van der Waals surface area (Å²) in [6, 6.07) is 0.413. The molecule has 6 heteroatoms. The number of anilines is 3. The Bertz CT molecular complexity index is 481. The van der Waals surface area contributed by atoms with Crippen LogP contribution in [0.15, 0.2) is 0 Å². The summed E-state index contributed by atoms with van der Waals surface area (Å²) in [7, 11) is 0. The van der Waals surface area contributed by atoms with E-state index in [2.05, 4.69) is 39.0 Å². The lowest BCUT2D eigenvalue weighted by Crippen LogP contribution is -2.32. The number of nitrogens with zero attached hydrogens (tertiary/aromatic N) is 4. The Morgan fingerprint density at radius 2 is 1.90 bits per heavy atom. The summed E-state index contributed by atoms with van der Waals surface area (Å²) >= 11 is 0. The van der Waals surface area contributed by atoms with Gasteiger partial charge in [-0.2, -0.15) is 15.0 Å². The van der Waals surface area contributed by atoms with E-state index in [-0.39, 0.29) is 5.41 Å². The number of nitrogens with two attached hydrogens (primary N) is 1. The Labute approximate surface area is 120 Å². The van der Waals surface area contributed by atoms with Crippen molar-refractivity contribution in [2.45, 2.75) is 52.0 Å². The first-order valence-electron chi connectivity index (χ1n) is 7.58. The van der Waals surface area contributed by atoms with Crippen molar-refractivity contribution in [2.75, 3.05) is 29.0 Å². The number of nitrogen functional groups attached to an aromatic ring is 1. The molecule has 0 spiro atoms. The van der Waals surface area contributed by atoms with Crippen LogP contribution < -0.4 is 16.0 Å². The average molecular weight is 276 g/mol. The van der Waals surface area contributed by atoms with Crippen LogP contribution in [0.25, 0.3) is 0 Å². The van der Waals surface area contributed by atoms with E-state index in [1.165, 1.54) is 25.7 Å². The highest BCUT2D eigenvalue weighted by molar-refractivity contribution is 5.43. The monoisotopic (exact) mass is 276 g/mol. The van der Waals surface area contributed by atoms with E-state index in [0.717, 1.165) is 19.5 Å². The first kappa shape index (κ1) is 13.4. The van der Waals surface area contributed by atoms with Crippen LogP contribution in [0.4, 0.5) is 17.8 Å². The van der Waals surface area contributed by atoms with Gasteiger partial charge in [-0.25, -0.2) is 0 Å². The minimum atomic E-state index is 0.287. The van der Waals surface area contributed by atoms with Gasteiger partial charge in [0.1, 0.15) is 0 Å². The molecular formula is C14H24N6. The summed E-state index contributed by atoms with van der Waals surface area (Å²) in [5.74, 6) is 1.65. The van der Waals surface area contributed by atoms with Gasteiger partial charge in [0.2, 0.25) is 17.8 Å². The maximum absolute atomic E-state index is 5.84. The van der Waals surface area contributed by atoms with E-state index >= 15 is 0 Å². The standard InChI is InChI=1S/C14H24N6/c1-14(2)7-5-6-10(14)16-12-17-11(15)18-13(19-12)20-8-3-4-9-20/h10H,3-9H2,1-2H3,(H3,15,16,17,18,19). The maximum Gasteiger partial charge on any atom is 0.231 e. The molecule has 1 aliphatic carbocycles. The van der Waals surface area contributed by atoms with Crippen molar-refractivity contribution >= 4 is 17.8 Å². The number of aromatic nitrogens is 3. The van der Waals surface area contributed by atoms with Gasteiger partial charge in [0.25, 0.3) is 0 Å². The van der Waals surface area contributed by atoms with Gasteiger partial charge in [0.05, 0.1) is 0 Å². The van der Waals surface area contributed by atoms with E-state index in [9.17, 15) is 0 Å². The van der Waals surface area contributed by atoms with E-state index in [1.54, 1.807) is 0 Å². The van der Waals surface area contributed by atoms with Gasteiger partial charge in [0.15, 0.2) is 0 Å². The zero-order valence-corrected chi connectivity index (χ0v) is 12.4. The molecular weight excluding hydrogens is 252 g/mol. The number of hydrogen-bond donors (Lipinski definition) is 2. The second kappa shape index (κ2) is 5.07. The van der Waals surface area contributed by atoms with Crippen LogP contribution in [0.1, 0.15) is 46.0 Å². The van der Waals surface area contributed by atoms with Crippen molar-refractivity contribution in [1.82, 2.24) is 15.0 Å². The van der Waals surface area contributed by atoms with E-state index < -0.39 is 0 Å². The fourth-order valence-electron chi connectivity index (χ4n) is 3.25. The highest BCUT2D eigenvalue weighted by Gasteiger charge is 2.35. The SMILES string of the molecule is CC1(C)CCCC1Nc1nc(N)nc(N2CCCC2)n1. The lowest BCUT2D eigenvalue weighted by atomic mass is 9.87. The molecule has 1 saturated heterocycles. The smallest absolute Gasteiger partial charge is 0.231 e. The molecule has 1 aromatic rings. The minimum absolute atomic E-state index is 0.287. The van der Waals surface area contributed by atoms with Crippen molar-refractivity contribution in [3.05, 3.63) is 0 Å². The number of rotatable bonds is 3. The first-order chi connectivity index (χ1) is 9.54. The van der Waals surface area contributed by atoms with Crippen LogP contribution in [0.2, 0.25) is 0 Å². The topological polar surface area (TPSA) is 80.0 Å². The summed E-state index contributed by atoms with van der Waals surface area (Å²) in [6.07, 6.45) is 6.06. The second-order valence-corrected chi connectivity index (χ2v) is 6.59. The van der Waals surface area contributed by atoms with E-state index in [4.69, 9.17) is 5.73 Å². The molecule has 0 radical (unpaired) electrons. The molecule has 1 saturated carbocycles. The van der Waals surface area contributed by atoms with Crippen molar-refractivity contribution in [3.63, 3.8) is 0 Å². The molecule has 2 fully saturated rings. The van der Waals surface area contributed by atoms with Crippen LogP contribution >= 0.6 is 0 Å². The van der Waals surface area contributed by atoms with Crippen molar-refractivity contribution in [2.24, 2.45) is 5.41 Å². The van der Waals surface area contributed by atoms with Crippen molar-refractivity contribution in [1.29, 1.82) is 0 Å². The van der Waals surface area contributed by atoms with Gasteiger partial charge in [-0.05, 0) is 31.1 Å². The first-order valence-corrected chi connectivity index (χ1v) is 7.58. The highest BCUT2D eigenvalue weighted by atomic mass is 15.3. The van der Waals surface area contributed by atoms with E-state index in [1.807, 2.05) is 0 Å². The highest BCUT2D eigenvalue weighted by Crippen LogP contribution is 2.38. The predicted molar refractivity (Wildman–Crippen MR) is 80.7 cm³/mol. The van der Waals surface area contributed by atoms with Gasteiger partial charge in [-0.15, -0.1) is 0 Å². The normalized spacial score (nSPS) is 25.1. The van der Waals surface area contributed by atoms with Gasteiger partial charge >= 0.3 is 0 Å². The quantitative estimate of drug-likeness (QED) is 0.879. The molecule has 1 atom stereocenters. The van der Waals surface area contributed by atoms with Crippen LogP contribution in [0.5, 0.6) is 0 Å².